The number of hydrogen-bond donors (Lipinski definition) is 1. The van der Waals surface area contributed by atoms with Crippen LogP contribution < -0.4 is 4.74 Å². The van der Waals surface area contributed by atoms with Gasteiger partial charge in [-0.05, 0) is 36.4 Å². The second-order valence-corrected chi connectivity index (χ2v) is 5.78. The molecular formula is C20H17N3O2. The lowest BCUT2D eigenvalue weighted by atomic mass is 10.1. The molecule has 124 valence electrons. The molecule has 2 aromatic carbocycles. The minimum Gasteiger partial charge on any atom is -0.507 e. The normalized spacial score (nSPS) is 10.9. The molecule has 0 aliphatic carbocycles. The Balaban J connectivity index is 1.62. The summed E-state index contributed by atoms with van der Waals surface area (Å²) in [5.41, 5.74) is 3.24. The lowest BCUT2D eigenvalue weighted by molar-refractivity contribution is 0.412. The van der Waals surface area contributed by atoms with Crippen molar-refractivity contribution in [2.45, 2.75) is 6.54 Å². The van der Waals surface area contributed by atoms with Crippen LogP contribution in [0.4, 0.5) is 0 Å². The number of phenolic OH excluding ortho intramolecular Hbond substituents is 1. The Kier molecular flexibility index (Phi) is 3.82. The van der Waals surface area contributed by atoms with Crippen molar-refractivity contribution in [3.63, 3.8) is 0 Å². The summed E-state index contributed by atoms with van der Waals surface area (Å²) >= 11 is 0. The Hall–Kier alpha value is -3.34. The maximum absolute atomic E-state index is 10.1. The number of ether oxygens (including phenoxy) is 1. The number of pyridine rings is 1. The number of methoxy groups -OCH3 is 1. The molecule has 0 fully saturated rings. The molecule has 0 amide bonds. The van der Waals surface area contributed by atoms with Crippen LogP contribution in [0.5, 0.6) is 11.5 Å². The minimum absolute atomic E-state index is 0.176. The van der Waals surface area contributed by atoms with Crippen LogP contribution in [-0.2, 0) is 6.54 Å². The Bertz CT molecular complexity index is 1040. The van der Waals surface area contributed by atoms with E-state index in [4.69, 9.17) is 4.74 Å². The summed E-state index contributed by atoms with van der Waals surface area (Å²) < 4.78 is 7.03. The number of aromatic nitrogens is 3. The zero-order valence-electron chi connectivity index (χ0n) is 13.8. The van der Waals surface area contributed by atoms with Gasteiger partial charge in [-0.25, -0.2) is 0 Å². The van der Waals surface area contributed by atoms with Gasteiger partial charge in [-0.1, -0.05) is 24.3 Å². The summed E-state index contributed by atoms with van der Waals surface area (Å²) in [7, 11) is 1.60. The number of para-hydroxylation sites is 1. The van der Waals surface area contributed by atoms with E-state index in [1.807, 2.05) is 47.3 Å². The van der Waals surface area contributed by atoms with Crippen molar-refractivity contribution >= 4 is 10.9 Å². The molecule has 0 aliphatic heterocycles. The van der Waals surface area contributed by atoms with Gasteiger partial charge >= 0.3 is 0 Å². The maximum Gasteiger partial charge on any atom is 0.125 e. The first-order valence-corrected chi connectivity index (χ1v) is 7.98. The maximum atomic E-state index is 10.1. The summed E-state index contributed by atoms with van der Waals surface area (Å²) in [6.07, 6.45) is 1.88. The quantitative estimate of drug-likeness (QED) is 0.617. The van der Waals surface area contributed by atoms with E-state index in [9.17, 15) is 5.11 Å². The molecule has 5 heteroatoms. The fourth-order valence-corrected chi connectivity index (χ4v) is 2.80. The third-order valence-electron chi connectivity index (χ3n) is 4.10. The summed E-state index contributed by atoms with van der Waals surface area (Å²) in [6, 6.07) is 19.1. The van der Waals surface area contributed by atoms with Crippen molar-refractivity contribution < 1.29 is 9.84 Å². The average Bonchev–Trinajstić information content (AvgIpc) is 3.10. The predicted octanol–water partition coefficient (Wildman–Crippen LogP) is 3.86. The molecule has 0 saturated carbocycles. The van der Waals surface area contributed by atoms with Gasteiger partial charge in [0.05, 0.1) is 30.6 Å². The highest BCUT2D eigenvalue weighted by Gasteiger charge is 2.10. The number of rotatable bonds is 4. The summed E-state index contributed by atoms with van der Waals surface area (Å²) in [4.78, 5) is 4.67. The van der Waals surface area contributed by atoms with Crippen LogP contribution in [0.2, 0.25) is 0 Å². The second kappa shape index (κ2) is 6.28. The molecular weight excluding hydrogens is 314 g/mol. The number of hydrogen-bond acceptors (Lipinski definition) is 4. The fraction of sp³-hybridized carbons (Fsp3) is 0.100. The van der Waals surface area contributed by atoms with E-state index in [1.165, 1.54) is 0 Å². The number of aromatic hydroxyl groups is 1. The summed E-state index contributed by atoms with van der Waals surface area (Å²) in [5, 5.41) is 15.8. The first kappa shape index (κ1) is 15.2. The molecule has 0 radical (unpaired) electrons. The number of phenols is 1. The standard InChI is InChI=1S/C20H17N3O2/c1-25-16-8-9-20(24)17(12-16)19-10-11-23(22-19)13-15-7-6-14-4-2-3-5-18(14)21-15/h2-12,24H,13H2,1H3. The van der Waals surface area contributed by atoms with Gasteiger partial charge in [0.1, 0.15) is 11.5 Å². The third kappa shape index (κ3) is 3.04. The van der Waals surface area contributed by atoms with Gasteiger partial charge in [0.25, 0.3) is 0 Å². The van der Waals surface area contributed by atoms with Gasteiger partial charge < -0.3 is 9.84 Å². The van der Waals surface area contributed by atoms with E-state index >= 15 is 0 Å². The van der Waals surface area contributed by atoms with E-state index in [-0.39, 0.29) is 5.75 Å². The molecule has 0 bridgehead atoms. The fourth-order valence-electron chi connectivity index (χ4n) is 2.80. The molecule has 2 aromatic heterocycles. The van der Waals surface area contributed by atoms with E-state index in [0.29, 0.717) is 23.6 Å². The Morgan fingerprint density at radius 3 is 2.80 bits per heavy atom. The van der Waals surface area contributed by atoms with Crippen molar-refractivity contribution in [3.8, 4) is 22.8 Å². The average molecular weight is 331 g/mol. The SMILES string of the molecule is COc1ccc(O)c(-c2ccn(Cc3ccc4ccccc4n3)n2)c1. The third-order valence-corrected chi connectivity index (χ3v) is 4.10. The van der Waals surface area contributed by atoms with Gasteiger partial charge in [-0.15, -0.1) is 0 Å². The van der Waals surface area contributed by atoms with Crippen LogP contribution in [0, 0.1) is 0 Å². The molecule has 4 rings (SSSR count). The molecule has 1 N–H and O–H groups in total. The molecule has 4 aromatic rings. The van der Waals surface area contributed by atoms with Crippen LogP contribution >= 0.6 is 0 Å². The zero-order chi connectivity index (χ0) is 17.2. The van der Waals surface area contributed by atoms with Crippen LogP contribution in [0.15, 0.2) is 66.9 Å². The Morgan fingerprint density at radius 2 is 1.92 bits per heavy atom. The second-order valence-electron chi connectivity index (χ2n) is 5.78. The van der Waals surface area contributed by atoms with Crippen molar-refractivity contribution in [2.24, 2.45) is 0 Å². The molecule has 5 nitrogen and oxygen atoms in total. The molecule has 0 spiro atoms. The number of benzene rings is 2. The lowest BCUT2D eigenvalue weighted by Crippen LogP contribution is -2.02. The highest BCUT2D eigenvalue weighted by molar-refractivity contribution is 5.78. The first-order valence-electron chi connectivity index (χ1n) is 7.98. The van der Waals surface area contributed by atoms with Gasteiger partial charge in [-0.3, -0.25) is 9.67 Å². The van der Waals surface area contributed by atoms with Crippen LogP contribution in [0.3, 0.4) is 0 Å². The van der Waals surface area contributed by atoms with Crippen molar-refractivity contribution in [3.05, 3.63) is 72.6 Å². The van der Waals surface area contributed by atoms with E-state index in [2.05, 4.69) is 16.1 Å². The zero-order valence-corrected chi connectivity index (χ0v) is 13.8. The van der Waals surface area contributed by atoms with Gasteiger partial charge in [-0.2, -0.15) is 5.10 Å². The summed E-state index contributed by atoms with van der Waals surface area (Å²) in [6.45, 7) is 0.565. The molecule has 0 unspecified atom stereocenters. The monoisotopic (exact) mass is 331 g/mol. The lowest BCUT2D eigenvalue weighted by Gasteiger charge is -2.05. The smallest absolute Gasteiger partial charge is 0.125 e. The highest BCUT2D eigenvalue weighted by atomic mass is 16.5. The van der Waals surface area contributed by atoms with Crippen molar-refractivity contribution in [1.82, 2.24) is 14.8 Å². The number of nitrogens with zero attached hydrogens (tertiary/aromatic N) is 3. The topological polar surface area (TPSA) is 60.2 Å². The largest absolute Gasteiger partial charge is 0.507 e. The highest BCUT2D eigenvalue weighted by Crippen LogP contribution is 2.31. The summed E-state index contributed by atoms with van der Waals surface area (Å²) in [5.74, 6) is 0.855. The van der Waals surface area contributed by atoms with Crippen molar-refractivity contribution in [1.29, 1.82) is 0 Å². The molecule has 25 heavy (non-hydrogen) atoms. The van der Waals surface area contributed by atoms with Gasteiger partial charge in [0, 0.05) is 17.1 Å². The van der Waals surface area contributed by atoms with Crippen LogP contribution in [0.1, 0.15) is 5.69 Å². The van der Waals surface area contributed by atoms with E-state index < -0.39 is 0 Å². The number of fused-ring (bicyclic) bond motifs is 1. The van der Waals surface area contributed by atoms with Gasteiger partial charge in [0.15, 0.2) is 0 Å². The minimum atomic E-state index is 0.176. The van der Waals surface area contributed by atoms with Crippen molar-refractivity contribution in [2.75, 3.05) is 7.11 Å². The van der Waals surface area contributed by atoms with Crippen LogP contribution in [-0.4, -0.2) is 27.0 Å². The van der Waals surface area contributed by atoms with Gasteiger partial charge in [0.2, 0.25) is 0 Å². The predicted molar refractivity (Wildman–Crippen MR) is 96.7 cm³/mol. The molecule has 0 atom stereocenters. The molecule has 0 aliphatic rings. The van der Waals surface area contributed by atoms with E-state index in [0.717, 1.165) is 16.6 Å². The van der Waals surface area contributed by atoms with E-state index in [1.54, 1.807) is 25.3 Å². The Morgan fingerprint density at radius 1 is 1.04 bits per heavy atom. The molecule has 2 heterocycles. The molecule has 0 saturated heterocycles. The first-order chi connectivity index (χ1) is 12.2. The van der Waals surface area contributed by atoms with Crippen LogP contribution in [0.25, 0.3) is 22.2 Å². The Labute approximate surface area is 145 Å².